The standard InChI is InChI=1S/C33H32Cl2N2O2Te/c1-22-15-24(3)32-28(17-22)20-36-30(26-11-7-5-8-12-26)19-31(27-13-9-6-10-14-27)37-21-29-18-23(2)16-25(4)33(29)39-40(36,37,34,35)38-32/h5-18,20-21,30-31H,19H2,1-4H3/q+2/t30-,31-/m0/s1. The first-order chi connectivity index (χ1) is 19.0. The van der Waals surface area contributed by atoms with E-state index >= 15 is 0 Å². The molecule has 0 aromatic heterocycles. The van der Waals surface area contributed by atoms with Crippen LogP contribution in [0.4, 0.5) is 0 Å². The molecule has 0 bridgehead atoms. The van der Waals surface area contributed by atoms with Gasteiger partial charge in [0, 0.05) is 0 Å². The van der Waals surface area contributed by atoms with Crippen molar-refractivity contribution in [3.8, 4) is 11.5 Å². The van der Waals surface area contributed by atoms with Crippen LogP contribution < -0.4 is 6.20 Å². The molecule has 4 aromatic rings. The summed E-state index contributed by atoms with van der Waals surface area (Å²) in [5, 5.41) is 0. The fraction of sp³-hybridized carbons (Fsp3) is 0.212. The van der Waals surface area contributed by atoms with E-state index in [4.69, 9.17) is 24.1 Å². The zero-order chi connectivity index (χ0) is 27.9. The number of hydrogen-bond donors (Lipinski definition) is 0. The summed E-state index contributed by atoms with van der Waals surface area (Å²) in [6.07, 6.45) is 4.92. The summed E-state index contributed by atoms with van der Waals surface area (Å²) >= 11 is -6.52. The van der Waals surface area contributed by atoms with Gasteiger partial charge in [-0.25, -0.2) is 0 Å². The SMILES string of the molecule is Cc1cc(C)c2c(c1)C=[N+]1[C@H](c3ccccc3)C[C@@H](c3ccccc3)[N+]3=Cc4cc(C)cc(C)c4O[Te]13(Cl)(Cl)O2. The van der Waals surface area contributed by atoms with Crippen LogP contribution in [0.25, 0.3) is 0 Å². The maximum atomic E-state index is 8.26. The zero-order valence-corrected chi connectivity index (χ0v) is 26.8. The van der Waals surface area contributed by atoms with Gasteiger partial charge in [-0.3, -0.25) is 0 Å². The van der Waals surface area contributed by atoms with Crippen molar-refractivity contribution in [1.82, 2.24) is 0 Å². The molecule has 0 N–H and O–H groups in total. The molecule has 2 atom stereocenters. The van der Waals surface area contributed by atoms with E-state index in [0.717, 1.165) is 50.9 Å². The number of aryl methyl sites for hydroxylation is 4. The number of nitrogens with zero attached hydrogens (tertiary/aromatic N) is 2. The number of hydrogen-bond acceptors (Lipinski definition) is 2. The van der Waals surface area contributed by atoms with E-state index in [9.17, 15) is 0 Å². The molecule has 7 heteroatoms. The van der Waals surface area contributed by atoms with Crippen molar-refractivity contribution in [1.29, 1.82) is 0 Å². The van der Waals surface area contributed by atoms with Crippen LogP contribution in [-0.2, 0) is 0 Å². The first kappa shape index (κ1) is 26.1. The third-order valence-corrected chi connectivity index (χ3v) is 24.0. The topological polar surface area (TPSA) is 24.5 Å². The monoisotopic (exact) mass is 688 g/mol. The molecule has 3 heterocycles. The minimum atomic E-state index is -6.52. The Labute approximate surface area is 242 Å². The quantitative estimate of drug-likeness (QED) is 0.200. The van der Waals surface area contributed by atoms with Crippen LogP contribution in [-0.4, -0.2) is 32.6 Å². The van der Waals surface area contributed by atoms with E-state index in [0.29, 0.717) is 11.5 Å². The van der Waals surface area contributed by atoms with Crippen molar-refractivity contribution < 1.29 is 11.9 Å². The van der Waals surface area contributed by atoms with Crippen molar-refractivity contribution in [2.24, 2.45) is 0 Å². The van der Waals surface area contributed by atoms with Crippen molar-refractivity contribution >= 4 is 44.9 Å². The Morgan fingerprint density at radius 3 is 1.43 bits per heavy atom. The summed E-state index contributed by atoms with van der Waals surface area (Å²) in [6, 6.07) is 28.9. The van der Waals surface area contributed by atoms with E-state index in [-0.39, 0.29) is 12.1 Å². The van der Waals surface area contributed by atoms with Crippen LogP contribution in [0.2, 0.25) is 0 Å². The third-order valence-electron chi connectivity index (χ3n) is 8.22. The normalized spacial score (nSPS) is 24.4. The Balaban J connectivity index is 1.63. The fourth-order valence-electron chi connectivity index (χ4n) is 6.55. The van der Waals surface area contributed by atoms with Gasteiger partial charge in [0.05, 0.1) is 0 Å². The molecule has 1 saturated heterocycles. The van der Waals surface area contributed by atoms with Crippen molar-refractivity contribution in [2.75, 3.05) is 0 Å². The van der Waals surface area contributed by atoms with Crippen molar-refractivity contribution in [3.05, 3.63) is 129 Å². The summed E-state index contributed by atoms with van der Waals surface area (Å²) in [5.41, 5.74) is 8.34. The van der Waals surface area contributed by atoms with Crippen LogP contribution in [0, 0.1) is 27.7 Å². The molecule has 0 saturated carbocycles. The molecule has 40 heavy (non-hydrogen) atoms. The predicted molar refractivity (Wildman–Crippen MR) is 164 cm³/mol. The second kappa shape index (κ2) is 8.37. The third kappa shape index (κ3) is 3.58. The van der Waals surface area contributed by atoms with E-state index in [1.807, 2.05) is 26.0 Å². The Morgan fingerprint density at radius 2 is 1.02 bits per heavy atom. The van der Waals surface area contributed by atoms with Gasteiger partial charge in [0.1, 0.15) is 0 Å². The Morgan fingerprint density at radius 1 is 0.625 bits per heavy atom. The molecule has 4 aromatic carbocycles. The molecular weight excluding hydrogens is 655 g/mol. The van der Waals surface area contributed by atoms with E-state index < -0.39 is 14.6 Å². The van der Waals surface area contributed by atoms with Crippen molar-refractivity contribution in [2.45, 2.75) is 46.2 Å². The van der Waals surface area contributed by atoms with Gasteiger partial charge in [0.15, 0.2) is 0 Å². The molecular formula is C33H32Cl2N2O2Te+2. The fourth-order valence-corrected chi connectivity index (χ4v) is 22.8. The molecule has 7 rings (SSSR count). The molecule has 1 fully saturated rings. The molecule has 0 radical (unpaired) electrons. The first-order valence-corrected chi connectivity index (χ1v) is 23.4. The zero-order valence-electron chi connectivity index (χ0n) is 23.0. The van der Waals surface area contributed by atoms with Gasteiger partial charge in [-0.2, -0.15) is 0 Å². The summed E-state index contributed by atoms with van der Waals surface area (Å²) in [7, 11) is 16.5. The number of fused-ring (bicyclic) bond motifs is 2. The summed E-state index contributed by atoms with van der Waals surface area (Å²) in [4.78, 5) is 0. The van der Waals surface area contributed by atoms with E-state index in [1.54, 1.807) is 0 Å². The number of halogens is 2. The van der Waals surface area contributed by atoms with Crippen molar-refractivity contribution in [3.63, 3.8) is 0 Å². The van der Waals surface area contributed by atoms with Crippen LogP contribution in [0.1, 0.15) is 63.0 Å². The molecule has 1 spiro atoms. The summed E-state index contributed by atoms with van der Waals surface area (Å²) in [5.74, 6) is 1.34. The molecule has 0 unspecified atom stereocenters. The van der Waals surface area contributed by atoms with Gasteiger partial charge in [-0.05, 0) is 0 Å². The second-order valence-electron chi connectivity index (χ2n) is 11.3. The molecule has 0 aliphatic carbocycles. The Hall–Kier alpha value is -2.81. The Bertz CT molecular complexity index is 1670. The molecule has 4 nitrogen and oxygen atoms in total. The second-order valence-corrected chi connectivity index (χ2v) is 30.7. The van der Waals surface area contributed by atoms with Gasteiger partial charge in [0.2, 0.25) is 0 Å². The van der Waals surface area contributed by atoms with Crippen LogP contribution in [0.5, 0.6) is 11.5 Å². The van der Waals surface area contributed by atoms with Crippen LogP contribution in [0.3, 0.4) is 0 Å². The van der Waals surface area contributed by atoms with Gasteiger partial charge in [-0.15, -0.1) is 0 Å². The van der Waals surface area contributed by atoms with E-state index in [1.165, 1.54) is 0 Å². The summed E-state index contributed by atoms with van der Waals surface area (Å²) in [6.45, 7) is 8.27. The van der Waals surface area contributed by atoms with Crippen LogP contribution in [0.15, 0.2) is 84.9 Å². The molecule has 3 aliphatic heterocycles. The first-order valence-electron chi connectivity index (χ1n) is 13.6. The number of benzene rings is 4. The van der Waals surface area contributed by atoms with Gasteiger partial charge in [0.25, 0.3) is 0 Å². The minimum absolute atomic E-state index is 0.196. The summed E-state index contributed by atoms with van der Waals surface area (Å²) < 4.78 is 18.6. The van der Waals surface area contributed by atoms with Gasteiger partial charge < -0.3 is 0 Å². The average Bonchev–Trinajstić information content (AvgIpc) is 2.91. The predicted octanol–water partition coefficient (Wildman–Crippen LogP) is 7.97. The average molecular weight is 687 g/mol. The molecule has 0 amide bonds. The molecule has 3 aliphatic rings. The van der Waals surface area contributed by atoms with Gasteiger partial charge >= 0.3 is 244 Å². The van der Waals surface area contributed by atoms with Crippen LogP contribution >= 0.6 is 17.9 Å². The molecule has 204 valence electrons. The number of rotatable bonds is 2. The maximum absolute atomic E-state index is 8.26. The van der Waals surface area contributed by atoms with E-state index in [2.05, 4.69) is 105 Å². The van der Waals surface area contributed by atoms with Gasteiger partial charge in [-0.1, -0.05) is 0 Å². The Kier molecular flexibility index (Phi) is 5.46.